The van der Waals surface area contributed by atoms with Gasteiger partial charge in [-0.05, 0) is 32.9 Å². The van der Waals surface area contributed by atoms with E-state index in [1.165, 1.54) is 11.3 Å². The van der Waals surface area contributed by atoms with Crippen molar-refractivity contribution in [3.05, 3.63) is 35.6 Å². The summed E-state index contributed by atoms with van der Waals surface area (Å²) >= 11 is 3.15. The predicted molar refractivity (Wildman–Crippen MR) is 79.4 cm³/mol. The van der Waals surface area contributed by atoms with Gasteiger partial charge in [-0.15, -0.1) is 23.1 Å². The Hall–Kier alpha value is -1.27. The molecule has 3 heterocycles. The van der Waals surface area contributed by atoms with Crippen LogP contribution in [0.4, 0.5) is 5.13 Å². The number of carbonyl (C=O) groups is 1. The molecule has 2 aromatic rings. The summed E-state index contributed by atoms with van der Waals surface area (Å²) in [5.41, 5.74) is 1.02. The average molecular weight is 293 g/mol. The van der Waals surface area contributed by atoms with Gasteiger partial charge < -0.3 is 4.98 Å². The van der Waals surface area contributed by atoms with Gasteiger partial charge in [0, 0.05) is 17.8 Å². The lowest BCUT2D eigenvalue weighted by molar-refractivity contribution is -0.120. The van der Waals surface area contributed by atoms with Crippen molar-refractivity contribution in [1.29, 1.82) is 0 Å². The number of aromatic nitrogens is 2. The number of amides is 1. The first kappa shape index (κ1) is 12.7. The van der Waals surface area contributed by atoms with Crippen molar-refractivity contribution >= 4 is 34.1 Å². The van der Waals surface area contributed by atoms with Crippen LogP contribution in [0.5, 0.6) is 0 Å². The third-order valence-electron chi connectivity index (χ3n) is 3.31. The highest BCUT2D eigenvalue weighted by Crippen LogP contribution is 2.55. The van der Waals surface area contributed by atoms with E-state index in [4.69, 9.17) is 0 Å². The molecular formula is C13H15N3OS2. The van der Waals surface area contributed by atoms with E-state index in [1.807, 2.05) is 42.5 Å². The third-order valence-corrected chi connectivity index (χ3v) is 5.55. The number of hydrogen-bond donors (Lipinski definition) is 1. The number of nitrogens with zero attached hydrogens (tertiary/aromatic N) is 2. The summed E-state index contributed by atoms with van der Waals surface area (Å²) < 4.78 is -0.453. The minimum Gasteiger partial charge on any atom is -0.362 e. The van der Waals surface area contributed by atoms with Crippen LogP contribution in [0.3, 0.4) is 0 Å². The Morgan fingerprint density at radius 3 is 2.74 bits per heavy atom. The fraction of sp³-hybridized carbons (Fsp3) is 0.385. The average Bonchev–Trinajstić information content (AvgIpc) is 3.03. The van der Waals surface area contributed by atoms with E-state index >= 15 is 0 Å². The number of thioether (sulfide) groups is 1. The van der Waals surface area contributed by atoms with E-state index in [0.717, 1.165) is 10.8 Å². The molecule has 0 spiro atoms. The van der Waals surface area contributed by atoms with Gasteiger partial charge in [-0.1, -0.05) is 0 Å². The van der Waals surface area contributed by atoms with Crippen molar-refractivity contribution in [3.8, 4) is 0 Å². The summed E-state index contributed by atoms with van der Waals surface area (Å²) in [6.45, 7) is 6.00. The van der Waals surface area contributed by atoms with E-state index < -0.39 is 9.62 Å². The zero-order valence-corrected chi connectivity index (χ0v) is 12.6. The van der Waals surface area contributed by atoms with Crippen molar-refractivity contribution in [1.82, 2.24) is 9.97 Å². The molecule has 1 amide bonds. The minimum absolute atomic E-state index is 0.101. The van der Waals surface area contributed by atoms with E-state index in [9.17, 15) is 4.79 Å². The molecule has 0 aromatic carbocycles. The number of thiazole rings is 1. The number of hydrogen-bond acceptors (Lipinski definition) is 4. The number of carbonyl (C=O) groups excluding carboxylic acids is 1. The molecule has 3 rings (SSSR count). The summed E-state index contributed by atoms with van der Waals surface area (Å²) in [4.78, 5) is 21.6. The molecule has 0 bridgehead atoms. The highest BCUT2D eigenvalue weighted by Gasteiger charge is 2.56. The van der Waals surface area contributed by atoms with Crippen LogP contribution in [0.25, 0.3) is 0 Å². The number of nitrogens with one attached hydrogen (secondary N) is 1. The molecule has 1 aliphatic rings. The van der Waals surface area contributed by atoms with E-state index in [1.54, 1.807) is 18.0 Å². The molecule has 0 aliphatic carbocycles. The van der Waals surface area contributed by atoms with E-state index in [0.29, 0.717) is 0 Å². The molecule has 0 saturated carbocycles. The van der Waals surface area contributed by atoms with Crippen LogP contribution in [-0.2, 0) is 9.67 Å². The van der Waals surface area contributed by atoms with Crippen LogP contribution in [-0.4, -0.2) is 20.6 Å². The van der Waals surface area contributed by atoms with Gasteiger partial charge in [0.2, 0.25) is 5.91 Å². The van der Waals surface area contributed by atoms with Gasteiger partial charge in [0.15, 0.2) is 5.13 Å². The molecule has 2 aromatic heterocycles. The van der Waals surface area contributed by atoms with Gasteiger partial charge in [-0.25, -0.2) is 4.98 Å². The van der Waals surface area contributed by atoms with Crippen LogP contribution < -0.4 is 4.90 Å². The summed E-state index contributed by atoms with van der Waals surface area (Å²) in [6, 6.07) is 3.97. The lowest BCUT2D eigenvalue weighted by Gasteiger charge is -2.31. The molecule has 1 unspecified atom stereocenters. The second-order valence-electron chi connectivity index (χ2n) is 5.13. The molecule has 1 saturated heterocycles. The van der Waals surface area contributed by atoms with E-state index in [2.05, 4.69) is 16.9 Å². The van der Waals surface area contributed by atoms with Crippen LogP contribution in [0.15, 0.2) is 29.9 Å². The smallest absolute Gasteiger partial charge is 0.246 e. The van der Waals surface area contributed by atoms with Crippen molar-refractivity contribution in [2.75, 3.05) is 4.90 Å². The Kier molecular flexibility index (Phi) is 2.76. The maximum Gasteiger partial charge on any atom is 0.246 e. The quantitative estimate of drug-likeness (QED) is 0.925. The first-order valence-corrected chi connectivity index (χ1v) is 7.73. The monoisotopic (exact) mass is 293 g/mol. The summed E-state index contributed by atoms with van der Waals surface area (Å²) in [5.74, 6) is 0.101. The SMILES string of the molecule is CC1(C)SC(C)(c2ccc[nH]2)N(c2nccs2)C1=O. The highest BCUT2D eigenvalue weighted by molar-refractivity contribution is 8.03. The minimum atomic E-state index is -0.453. The number of H-pyrrole nitrogens is 1. The number of anilines is 1. The Bertz CT molecular complexity index is 591. The second kappa shape index (κ2) is 4.11. The maximum atomic E-state index is 12.7. The molecule has 4 nitrogen and oxygen atoms in total. The molecule has 1 fully saturated rings. The van der Waals surface area contributed by atoms with Gasteiger partial charge in [0.05, 0.1) is 10.4 Å². The van der Waals surface area contributed by atoms with Crippen LogP contribution in [0, 0.1) is 0 Å². The lowest BCUT2D eigenvalue weighted by Crippen LogP contribution is -2.42. The zero-order valence-electron chi connectivity index (χ0n) is 11.0. The highest BCUT2D eigenvalue weighted by atomic mass is 32.2. The second-order valence-corrected chi connectivity index (χ2v) is 8.03. The molecular weight excluding hydrogens is 278 g/mol. The fourth-order valence-corrected chi connectivity index (χ4v) is 4.90. The Labute approximate surface area is 120 Å². The normalized spacial score (nSPS) is 26.1. The topological polar surface area (TPSA) is 49.0 Å². The van der Waals surface area contributed by atoms with Gasteiger partial charge >= 0.3 is 0 Å². The summed E-state index contributed by atoms with van der Waals surface area (Å²) in [6.07, 6.45) is 3.62. The summed E-state index contributed by atoms with van der Waals surface area (Å²) in [5, 5.41) is 2.65. The lowest BCUT2D eigenvalue weighted by atomic mass is 10.1. The van der Waals surface area contributed by atoms with Crippen molar-refractivity contribution in [3.63, 3.8) is 0 Å². The molecule has 6 heteroatoms. The van der Waals surface area contributed by atoms with Crippen LogP contribution in [0.1, 0.15) is 26.5 Å². The van der Waals surface area contributed by atoms with Gasteiger partial charge in [-0.2, -0.15) is 0 Å². The third kappa shape index (κ3) is 1.81. The van der Waals surface area contributed by atoms with Gasteiger partial charge in [0.1, 0.15) is 4.87 Å². The zero-order chi connectivity index (χ0) is 13.7. The van der Waals surface area contributed by atoms with E-state index in [-0.39, 0.29) is 5.91 Å². The Balaban J connectivity index is 2.15. The maximum absolute atomic E-state index is 12.7. The molecule has 100 valence electrons. The Morgan fingerprint density at radius 2 is 2.16 bits per heavy atom. The van der Waals surface area contributed by atoms with Crippen molar-refractivity contribution in [2.45, 2.75) is 30.4 Å². The van der Waals surface area contributed by atoms with Gasteiger partial charge in [-0.3, -0.25) is 9.69 Å². The van der Waals surface area contributed by atoms with Crippen LogP contribution in [0.2, 0.25) is 0 Å². The van der Waals surface area contributed by atoms with Crippen LogP contribution >= 0.6 is 23.1 Å². The Morgan fingerprint density at radius 1 is 1.37 bits per heavy atom. The summed E-state index contributed by atoms with van der Waals surface area (Å²) in [7, 11) is 0. The molecule has 1 atom stereocenters. The molecule has 1 N–H and O–H groups in total. The first-order valence-electron chi connectivity index (χ1n) is 6.03. The van der Waals surface area contributed by atoms with Crippen molar-refractivity contribution in [2.24, 2.45) is 0 Å². The number of aromatic amines is 1. The molecule has 0 radical (unpaired) electrons. The standard InChI is InChI=1S/C13H15N3OS2/c1-12(2)10(17)16(11-15-7-8-18-11)13(3,19-12)9-5-4-6-14-9/h4-8,14H,1-3H3. The number of rotatable bonds is 2. The van der Waals surface area contributed by atoms with Crippen molar-refractivity contribution < 1.29 is 4.79 Å². The predicted octanol–water partition coefficient (Wildman–Crippen LogP) is 3.20. The fourth-order valence-electron chi connectivity index (χ4n) is 2.44. The van der Waals surface area contributed by atoms with Gasteiger partial charge in [0.25, 0.3) is 0 Å². The molecule has 1 aliphatic heterocycles. The first-order chi connectivity index (χ1) is 8.95. The largest absolute Gasteiger partial charge is 0.362 e. The molecule has 19 heavy (non-hydrogen) atoms.